The number of fused-ring (bicyclic) bond motifs is 4. The summed E-state index contributed by atoms with van der Waals surface area (Å²) < 4.78 is 0. The summed E-state index contributed by atoms with van der Waals surface area (Å²) in [4.78, 5) is 2.60. The Morgan fingerprint density at radius 2 is 2.00 bits per heavy atom. The minimum absolute atomic E-state index is 0.137. The molecular formula is C22H24N2O. The van der Waals surface area contributed by atoms with Crippen LogP contribution in [-0.2, 0) is 18.4 Å². The first-order valence-electron chi connectivity index (χ1n) is 9.07. The van der Waals surface area contributed by atoms with E-state index in [2.05, 4.69) is 43.0 Å². The Morgan fingerprint density at radius 3 is 2.72 bits per heavy atom. The number of hydrogen-bond donors (Lipinski definition) is 1. The van der Waals surface area contributed by atoms with Gasteiger partial charge in [0.2, 0.25) is 0 Å². The van der Waals surface area contributed by atoms with Crippen molar-refractivity contribution in [3.05, 3.63) is 64.7 Å². The third kappa shape index (κ3) is 2.62. The number of aromatic hydroxyl groups is 1. The Balaban J connectivity index is 1.62. The van der Waals surface area contributed by atoms with Gasteiger partial charge in [0.1, 0.15) is 5.75 Å². The summed E-state index contributed by atoms with van der Waals surface area (Å²) in [6, 6.07) is 16.6. The first kappa shape index (κ1) is 16.2. The highest BCUT2D eigenvalue weighted by atomic mass is 16.3. The average Bonchev–Trinajstić information content (AvgIpc) is 2.62. The lowest BCUT2D eigenvalue weighted by molar-refractivity contribution is 0.0258. The fraction of sp³-hybridized carbons (Fsp3) is 0.409. The second kappa shape index (κ2) is 5.89. The molecule has 2 aromatic carbocycles. The first-order chi connectivity index (χ1) is 12.0. The van der Waals surface area contributed by atoms with E-state index in [1.54, 1.807) is 0 Å². The smallest absolute Gasteiger partial charge is 0.115 e. The first-order valence-corrected chi connectivity index (χ1v) is 9.07. The normalized spacial score (nSPS) is 28.2. The molecule has 0 amide bonds. The molecule has 0 saturated carbocycles. The molecule has 0 radical (unpaired) electrons. The SMILES string of the molecule is C[C@@H]1[C@@H]2Cc3ccc(O)cc3[C@@]1(C)CCN2Cc1ccc(C#N)cc1. The second-order valence-corrected chi connectivity index (χ2v) is 7.85. The summed E-state index contributed by atoms with van der Waals surface area (Å²) in [6.45, 7) is 6.73. The number of likely N-dealkylation sites (tertiary alicyclic amines) is 1. The van der Waals surface area contributed by atoms with Crippen molar-refractivity contribution in [1.29, 1.82) is 5.26 Å². The summed E-state index contributed by atoms with van der Waals surface area (Å²) in [5.41, 5.74) is 4.85. The van der Waals surface area contributed by atoms with E-state index >= 15 is 0 Å². The Bertz CT molecular complexity index is 836. The van der Waals surface area contributed by atoms with Gasteiger partial charge in [-0.05, 0) is 71.7 Å². The molecule has 128 valence electrons. The van der Waals surface area contributed by atoms with Gasteiger partial charge in [0.25, 0.3) is 0 Å². The van der Waals surface area contributed by atoms with E-state index in [1.165, 1.54) is 16.7 Å². The molecule has 0 spiro atoms. The molecule has 2 aromatic rings. The summed E-state index contributed by atoms with van der Waals surface area (Å²) in [7, 11) is 0. The Kier molecular flexibility index (Phi) is 3.81. The molecule has 3 heteroatoms. The number of nitriles is 1. The van der Waals surface area contributed by atoms with Gasteiger partial charge in [-0.3, -0.25) is 4.90 Å². The third-order valence-electron chi connectivity index (χ3n) is 6.58. The van der Waals surface area contributed by atoms with Crippen LogP contribution in [0.15, 0.2) is 42.5 Å². The zero-order chi connectivity index (χ0) is 17.6. The van der Waals surface area contributed by atoms with Gasteiger partial charge in [0.05, 0.1) is 11.6 Å². The monoisotopic (exact) mass is 332 g/mol. The summed E-state index contributed by atoms with van der Waals surface area (Å²) >= 11 is 0. The van der Waals surface area contributed by atoms with Crippen LogP contribution in [0.25, 0.3) is 0 Å². The maximum Gasteiger partial charge on any atom is 0.115 e. The summed E-state index contributed by atoms with van der Waals surface area (Å²) in [5, 5.41) is 18.9. The molecular weight excluding hydrogens is 308 g/mol. The molecule has 0 aromatic heterocycles. The van der Waals surface area contributed by atoms with Gasteiger partial charge in [-0.15, -0.1) is 0 Å². The highest BCUT2D eigenvalue weighted by Crippen LogP contribution is 2.49. The highest BCUT2D eigenvalue weighted by molar-refractivity contribution is 5.44. The van der Waals surface area contributed by atoms with Crippen LogP contribution in [0, 0.1) is 17.2 Å². The van der Waals surface area contributed by atoms with Crippen molar-refractivity contribution < 1.29 is 5.11 Å². The predicted molar refractivity (Wildman–Crippen MR) is 98.3 cm³/mol. The molecule has 2 aliphatic rings. The molecule has 3 nitrogen and oxygen atoms in total. The molecule has 25 heavy (non-hydrogen) atoms. The minimum Gasteiger partial charge on any atom is -0.508 e. The van der Waals surface area contributed by atoms with E-state index in [0.717, 1.165) is 31.5 Å². The van der Waals surface area contributed by atoms with Gasteiger partial charge in [-0.25, -0.2) is 0 Å². The lowest BCUT2D eigenvalue weighted by atomic mass is 9.59. The van der Waals surface area contributed by atoms with Gasteiger partial charge in [0, 0.05) is 12.6 Å². The zero-order valence-corrected chi connectivity index (χ0v) is 14.9. The summed E-state index contributed by atoms with van der Waals surface area (Å²) in [5.74, 6) is 0.930. The highest BCUT2D eigenvalue weighted by Gasteiger charge is 2.48. The number of rotatable bonds is 2. The molecule has 1 N–H and O–H groups in total. The third-order valence-corrected chi connectivity index (χ3v) is 6.58. The molecule has 1 fully saturated rings. The molecule has 1 heterocycles. The molecule has 2 bridgehead atoms. The number of phenols is 1. The molecule has 1 aliphatic carbocycles. The van der Waals surface area contributed by atoms with E-state index in [-0.39, 0.29) is 5.41 Å². The van der Waals surface area contributed by atoms with Crippen LogP contribution in [0.1, 0.15) is 42.5 Å². The van der Waals surface area contributed by atoms with Crippen LogP contribution in [0.4, 0.5) is 0 Å². The van der Waals surface area contributed by atoms with Crippen molar-refractivity contribution in [2.24, 2.45) is 5.92 Å². The Morgan fingerprint density at radius 1 is 1.24 bits per heavy atom. The fourth-order valence-corrected chi connectivity index (χ4v) is 4.81. The van der Waals surface area contributed by atoms with E-state index in [0.29, 0.717) is 17.7 Å². The van der Waals surface area contributed by atoms with Crippen molar-refractivity contribution in [3.8, 4) is 11.8 Å². The average molecular weight is 332 g/mol. The zero-order valence-electron chi connectivity index (χ0n) is 14.9. The van der Waals surface area contributed by atoms with E-state index in [9.17, 15) is 5.11 Å². The maximum atomic E-state index is 9.94. The molecule has 3 atom stereocenters. The molecule has 0 unspecified atom stereocenters. The largest absolute Gasteiger partial charge is 0.508 e. The van der Waals surface area contributed by atoms with Gasteiger partial charge in [0.15, 0.2) is 0 Å². The number of nitrogens with zero attached hydrogens (tertiary/aromatic N) is 2. The van der Waals surface area contributed by atoms with Crippen LogP contribution in [0.5, 0.6) is 5.75 Å². The van der Waals surface area contributed by atoms with E-state index in [4.69, 9.17) is 5.26 Å². The van der Waals surface area contributed by atoms with Gasteiger partial charge in [-0.1, -0.05) is 32.0 Å². The molecule has 1 saturated heterocycles. The van der Waals surface area contributed by atoms with Crippen molar-refractivity contribution in [1.82, 2.24) is 4.90 Å². The number of phenolic OH excluding ortho intramolecular Hbond substituents is 1. The summed E-state index contributed by atoms with van der Waals surface area (Å²) in [6.07, 6.45) is 2.15. The van der Waals surface area contributed by atoms with Crippen LogP contribution >= 0.6 is 0 Å². The number of piperidine rings is 1. The maximum absolute atomic E-state index is 9.94. The van der Waals surface area contributed by atoms with Crippen molar-refractivity contribution in [3.63, 3.8) is 0 Å². The van der Waals surface area contributed by atoms with Crippen LogP contribution in [0.2, 0.25) is 0 Å². The predicted octanol–water partition coefficient (Wildman–Crippen LogP) is 3.99. The fourth-order valence-electron chi connectivity index (χ4n) is 4.81. The standard InChI is InChI=1S/C22H24N2O/c1-15-21-11-18-7-8-19(25)12-20(18)22(15,2)9-10-24(21)14-17-5-3-16(13-23)4-6-17/h3-8,12,15,21,25H,9-11,14H2,1-2H3/t15-,21+,22+/m1/s1. The molecule has 4 rings (SSSR count). The Labute approximate surface area is 149 Å². The Hall–Kier alpha value is -2.31. The van der Waals surface area contributed by atoms with E-state index < -0.39 is 0 Å². The van der Waals surface area contributed by atoms with Gasteiger partial charge in [-0.2, -0.15) is 5.26 Å². The van der Waals surface area contributed by atoms with Crippen LogP contribution in [0.3, 0.4) is 0 Å². The van der Waals surface area contributed by atoms with Gasteiger partial charge < -0.3 is 5.11 Å². The second-order valence-electron chi connectivity index (χ2n) is 7.85. The van der Waals surface area contributed by atoms with Crippen molar-refractivity contribution in [2.75, 3.05) is 6.54 Å². The number of benzene rings is 2. The minimum atomic E-state index is 0.137. The lowest BCUT2D eigenvalue weighted by Gasteiger charge is -2.54. The van der Waals surface area contributed by atoms with Crippen molar-refractivity contribution in [2.45, 2.75) is 44.7 Å². The van der Waals surface area contributed by atoms with Crippen molar-refractivity contribution >= 4 is 0 Å². The van der Waals surface area contributed by atoms with Gasteiger partial charge >= 0.3 is 0 Å². The molecule has 1 aliphatic heterocycles. The lowest BCUT2D eigenvalue weighted by Crippen LogP contribution is -2.57. The van der Waals surface area contributed by atoms with Crippen LogP contribution in [-0.4, -0.2) is 22.6 Å². The van der Waals surface area contributed by atoms with E-state index in [1.807, 2.05) is 24.3 Å². The topological polar surface area (TPSA) is 47.3 Å². The quantitative estimate of drug-likeness (QED) is 0.904. The number of hydrogen-bond acceptors (Lipinski definition) is 3. The van der Waals surface area contributed by atoms with Crippen LogP contribution < -0.4 is 0 Å².